The Morgan fingerprint density at radius 3 is 2.50 bits per heavy atom. The van der Waals surface area contributed by atoms with Crippen LogP contribution in [0.2, 0.25) is 0 Å². The molecule has 0 aliphatic carbocycles. The molecule has 146 valence electrons. The molecule has 0 atom stereocenters. The molecule has 1 amide bonds. The van der Waals surface area contributed by atoms with Crippen LogP contribution in [0.1, 0.15) is 10.4 Å². The number of carbonyl (C=O) groups is 1. The Kier molecular flexibility index (Phi) is 4.25. The van der Waals surface area contributed by atoms with Crippen LogP contribution in [0.4, 0.5) is 5.69 Å². The third kappa shape index (κ3) is 3.18. The first-order chi connectivity index (χ1) is 14.7. The smallest absolute Gasteiger partial charge is 0.255 e. The van der Waals surface area contributed by atoms with Gasteiger partial charge in [-0.25, -0.2) is 9.97 Å². The molecule has 0 radical (unpaired) electrons. The van der Waals surface area contributed by atoms with Gasteiger partial charge in [-0.1, -0.05) is 18.2 Å². The van der Waals surface area contributed by atoms with Gasteiger partial charge in [0.25, 0.3) is 5.91 Å². The number of imidazole rings is 2. The minimum absolute atomic E-state index is 0.176. The second-order valence-electron chi connectivity index (χ2n) is 6.79. The molecule has 0 spiro atoms. The Morgan fingerprint density at radius 1 is 0.967 bits per heavy atom. The van der Waals surface area contributed by atoms with E-state index in [0.717, 1.165) is 16.0 Å². The number of aromatic nitrogens is 4. The summed E-state index contributed by atoms with van der Waals surface area (Å²) in [5, 5.41) is 13.6. The molecule has 0 saturated heterocycles. The lowest BCUT2D eigenvalue weighted by atomic mass is 10.1. The fraction of sp³-hybridized carbons (Fsp3) is 0. The van der Waals surface area contributed by atoms with Gasteiger partial charge >= 0.3 is 0 Å². The summed E-state index contributed by atoms with van der Waals surface area (Å²) >= 11 is 0. The van der Waals surface area contributed by atoms with Crippen LogP contribution in [-0.4, -0.2) is 30.4 Å². The van der Waals surface area contributed by atoms with E-state index >= 15 is 0 Å². The summed E-state index contributed by atoms with van der Waals surface area (Å²) in [5.74, 6) is 0.249. The van der Waals surface area contributed by atoms with Crippen molar-refractivity contribution >= 4 is 22.6 Å². The lowest BCUT2D eigenvalue weighted by Crippen LogP contribution is -2.11. The quantitative estimate of drug-likeness (QED) is 0.442. The number of nitrogens with zero attached hydrogens (tertiary/aromatic N) is 4. The number of anilines is 1. The van der Waals surface area contributed by atoms with Gasteiger partial charge in [-0.3, -0.25) is 4.79 Å². The Bertz CT molecular complexity index is 1320. The number of hydrogen-bond acceptors (Lipinski definition) is 4. The van der Waals surface area contributed by atoms with Crippen molar-refractivity contribution in [3.05, 3.63) is 97.1 Å². The van der Waals surface area contributed by atoms with Crippen molar-refractivity contribution in [2.24, 2.45) is 0 Å². The molecule has 0 unspecified atom stereocenters. The Balaban J connectivity index is 1.42. The van der Waals surface area contributed by atoms with Crippen LogP contribution in [-0.2, 0) is 0 Å². The highest BCUT2D eigenvalue weighted by Gasteiger charge is 2.13. The van der Waals surface area contributed by atoms with Gasteiger partial charge in [0.2, 0.25) is 0 Å². The molecule has 5 rings (SSSR count). The van der Waals surface area contributed by atoms with E-state index in [2.05, 4.69) is 15.3 Å². The molecule has 7 heteroatoms. The van der Waals surface area contributed by atoms with Crippen molar-refractivity contribution in [2.45, 2.75) is 0 Å². The molecule has 5 aromatic rings. The van der Waals surface area contributed by atoms with Crippen molar-refractivity contribution in [2.75, 3.05) is 5.32 Å². The molecule has 2 N–H and O–H groups in total. The second-order valence-corrected chi connectivity index (χ2v) is 6.79. The van der Waals surface area contributed by atoms with E-state index in [1.54, 1.807) is 36.8 Å². The first-order valence-corrected chi connectivity index (χ1v) is 9.36. The lowest BCUT2D eigenvalue weighted by Gasteiger charge is -2.07. The van der Waals surface area contributed by atoms with Crippen LogP contribution in [0.5, 0.6) is 0 Å². The van der Waals surface area contributed by atoms with Crippen LogP contribution in [0.25, 0.3) is 28.1 Å². The topological polar surface area (TPSA) is 85.0 Å². The van der Waals surface area contributed by atoms with E-state index in [1.807, 2.05) is 59.3 Å². The fourth-order valence-electron chi connectivity index (χ4n) is 3.31. The zero-order valence-electron chi connectivity index (χ0n) is 15.8. The first-order valence-electron chi connectivity index (χ1n) is 9.36. The average Bonchev–Trinajstić information content (AvgIpc) is 3.43. The number of benzene rings is 3. The van der Waals surface area contributed by atoms with Crippen LogP contribution in [0, 0.1) is 0 Å². The maximum atomic E-state index is 12.3. The van der Waals surface area contributed by atoms with Gasteiger partial charge in [0, 0.05) is 34.9 Å². The minimum atomic E-state index is -0.176. The van der Waals surface area contributed by atoms with Crippen LogP contribution in [0.3, 0.4) is 0 Å². The molecule has 2 heterocycles. The summed E-state index contributed by atoms with van der Waals surface area (Å²) in [5.41, 5.74) is 4.13. The van der Waals surface area contributed by atoms with Gasteiger partial charge in [0.1, 0.15) is 5.52 Å². The average molecular weight is 395 g/mol. The molecular formula is C23H17N5O2. The summed E-state index contributed by atoms with van der Waals surface area (Å²) in [6, 6.07) is 21.8. The van der Waals surface area contributed by atoms with Crippen molar-refractivity contribution in [3.63, 3.8) is 0 Å². The van der Waals surface area contributed by atoms with E-state index in [9.17, 15) is 10.0 Å². The van der Waals surface area contributed by atoms with Crippen LogP contribution < -0.4 is 5.32 Å². The maximum absolute atomic E-state index is 12.3. The number of carbonyl (C=O) groups excluding carboxylic acids is 1. The number of nitrogens with one attached hydrogen (secondary N) is 1. The van der Waals surface area contributed by atoms with E-state index in [1.165, 1.54) is 0 Å². The second kappa shape index (κ2) is 7.21. The summed E-state index contributed by atoms with van der Waals surface area (Å²) in [4.78, 5) is 20.9. The SMILES string of the molecule is O=C(Nc1ccc(-c2nc3ccc(-n4ccnc4)cc3n2O)cc1)c1ccccc1. The van der Waals surface area contributed by atoms with Gasteiger partial charge in [-0.15, -0.1) is 0 Å². The molecule has 0 fully saturated rings. The number of hydrogen-bond donors (Lipinski definition) is 2. The van der Waals surface area contributed by atoms with Crippen molar-refractivity contribution in [1.29, 1.82) is 0 Å². The molecule has 2 aromatic heterocycles. The van der Waals surface area contributed by atoms with E-state index in [0.29, 0.717) is 28.1 Å². The molecule has 3 aromatic carbocycles. The predicted molar refractivity (Wildman–Crippen MR) is 114 cm³/mol. The standard InChI is InChI=1S/C23H17N5O2/c29-23(17-4-2-1-3-5-17)25-18-8-6-16(7-9-18)22-26-20-11-10-19(14-21(20)28(22)30)27-13-12-24-15-27/h1-15,30H,(H,25,29). The zero-order chi connectivity index (χ0) is 20.5. The Labute approximate surface area is 171 Å². The summed E-state index contributed by atoms with van der Waals surface area (Å²) in [6.07, 6.45) is 5.23. The Morgan fingerprint density at radius 2 is 1.77 bits per heavy atom. The van der Waals surface area contributed by atoms with Crippen molar-refractivity contribution in [1.82, 2.24) is 19.3 Å². The van der Waals surface area contributed by atoms with Gasteiger partial charge in [-0.05, 0) is 54.6 Å². The normalized spacial score (nSPS) is 10.9. The predicted octanol–water partition coefficient (Wildman–Crippen LogP) is 4.38. The highest BCUT2D eigenvalue weighted by Crippen LogP contribution is 2.26. The molecule has 0 saturated carbocycles. The van der Waals surface area contributed by atoms with E-state index in [-0.39, 0.29) is 5.91 Å². The number of amides is 1. The van der Waals surface area contributed by atoms with E-state index in [4.69, 9.17) is 0 Å². The van der Waals surface area contributed by atoms with Gasteiger partial charge < -0.3 is 15.1 Å². The van der Waals surface area contributed by atoms with Gasteiger partial charge in [0.05, 0.1) is 11.8 Å². The lowest BCUT2D eigenvalue weighted by molar-refractivity contribution is 0.102. The zero-order valence-corrected chi connectivity index (χ0v) is 15.8. The highest BCUT2D eigenvalue weighted by molar-refractivity contribution is 6.04. The van der Waals surface area contributed by atoms with E-state index < -0.39 is 0 Å². The molecule has 7 nitrogen and oxygen atoms in total. The van der Waals surface area contributed by atoms with Crippen molar-refractivity contribution < 1.29 is 10.0 Å². The third-order valence-corrected chi connectivity index (χ3v) is 4.85. The molecule has 0 bridgehead atoms. The summed E-state index contributed by atoms with van der Waals surface area (Å²) in [7, 11) is 0. The summed E-state index contributed by atoms with van der Waals surface area (Å²) in [6.45, 7) is 0. The number of fused-ring (bicyclic) bond motifs is 1. The van der Waals surface area contributed by atoms with Crippen LogP contribution >= 0.6 is 0 Å². The fourth-order valence-corrected chi connectivity index (χ4v) is 3.31. The molecular weight excluding hydrogens is 378 g/mol. The molecule has 0 aliphatic rings. The monoisotopic (exact) mass is 395 g/mol. The molecule has 30 heavy (non-hydrogen) atoms. The van der Waals surface area contributed by atoms with Gasteiger partial charge in [0.15, 0.2) is 5.82 Å². The van der Waals surface area contributed by atoms with Crippen LogP contribution in [0.15, 0.2) is 91.5 Å². The molecule has 0 aliphatic heterocycles. The van der Waals surface area contributed by atoms with Crippen molar-refractivity contribution in [3.8, 4) is 17.1 Å². The number of rotatable bonds is 4. The third-order valence-electron chi connectivity index (χ3n) is 4.85. The Hall–Kier alpha value is -4.39. The highest BCUT2D eigenvalue weighted by atomic mass is 16.5. The first kappa shape index (κ1) is 17.7. The minimum Gasteiger partial charge on any atom is -0.426 e. The maximum Gasteiger partial charge on any atom is 0.255 e. The largest absolute Gasteiger partial charge is 0.426 e. The summed E-state index contributed by atoms with van der Waals surface area (Å²) < 4.78 is 2.93. The van der Waals surface area contributed by atoms with Gasteiger partial charge in [-0.2, -0.15) is 4.73 Å².